The molecule has 0 saturated carbocycles. The molecule has 0 bridgehead atoms. The fraction of sp³-hybridized carbons (Fsp3) is 1.00. The molecule has 7 heavy (non-hydrogen) atoms. The van der Waals surface area contributed by atoms with E-state index in [0.717, 1.165) is 21.2 Å². The second-order valence-electron chi connectivity index (χ2n) is 1.48. The van der Waals surface area contributed by atoms with Crippen LogP contribution in [0.2, 0.25) is 0 Å². The molecule has 2 atom stereocenters. The van der Waals surface area contributed by atoms with Gasteiger partial charge in [0.2, 0.25) is 0 Å². The fourth-order valence-corrected chi connectivity index (χ4v) is 1.14. The lowest BCUT2D eigenvalue weighted by atomic mass is 10.5. The summed E-state index contributed by atoms with van der Waals surface area (Å²) < 4.78 is 0. The summed E-state index contributed by atoms with van der Waals surface area (Å²) in [6.45, 7) is 4.10. The third kappa shape index (κ3) is 4.24. The van der Waals surface area contributed by atoms with Crippen LogP contribution in [0, 0.1) is 0 Å². The molecule has 0 spiro atoms. The molecule has 0 aromatic carbocycles. The van der Waals surface area contributed by atoms with E-state index in [0.29, 0.717) is 0 Å². The molecule has 1 N–H and O–H groups in total. The van der Waals surface area contributed by atoms with Crippen molar-refractivity contribution in [3.8, 4) is 0 Å². The minimum Gasteiger partial charge on any atom is -0.389 e. The van der Waals surface area contributed by atoms with Crippen LogP contribution in [0.25, 0.3) is 0 Å². The van der Waals surface area contributed by atoms with Crippen LogP contribution in [-0.4, -0.2) is 17.1 Å². The maximum atomic E-state index is 8.87. The van der Waals surface area contributed by atoms with E-state index in [9.17, 15) is 0 Å². The van der Waals surface area contributed by atoms with Crippen molar-refractivity contribution >= 4 is 8.58 Å². The molecule has 0 rings (SSSR count). The molecule has 0 heterocycles. The number of hydrogen-bond donors (Lipinski definition) is 1. The summed E-state index contributed by atoms with van der Waals surface area (Å²) in [7, 11) is 0.744. The Morgan fingerprint density at radius 3 is 2.29 bits per heavy atom. The van der Waals surface area contributed by atoms with Gasteiger partial charge in [0, 0.05) is 0 Å². The van der Waals surface area contributed by atoms with E-state index < -0.39 is 0 Å². The van der Waals surface area contributed by atoms with Gasteiger partial charge in [-0.15, -0.1) is 0 Å². The van der Waals surface area contributed by atoms with E-state index >= 15 is 0 Å². The number of hydrogen-bond acceptors (Lipinski definition) is 1. The van der Waals surface area contributed by atoms with Crippen LogP contribution in [0.3, 0.4) is 0 Å². The molecule has 0 fully saturated rings. The van der Waals surface area contributed by atoms with E-state index in [1.165, 1.54) is 0 Å². The van der Waals surface area contributed by atoms with E-state index in [1.807, 2.05) is 6.92 Å². The number of rotatable bonds is 3. The zero-order valence-electron chi connectivity index (χ0n) is 4.94. The minimum atomic E-state index is -0.0231. The van der Waals surface area contributed by atoms with Gasteiger partial charge >= 0.3 is 0 Å². The molecular formula is C5H13OP. The number of aliphatic hydroxyl groups excluding tert-OH is 1. The van der Waals surface area contributed by atoms with E-state index in [2.05, 4.69) is 6.92 Å². The highest BCUT2D eigenvalue weighted by molar-refractivity contribution is 7.38. The summed E-state index contributed by atoms with van der Waals surface area (Å²) in [4.78, 5) is 0. The average molecular weight is 120 g/mol. The maximum absolute atomic E-state index is 8.87. The molecular weight excluding hydrogens is 107 g/mol. The molecule has 0 saturated heterocycles. The van der Waals surface area contributed by atoms with Gasteiger partial charge < -0.3 is 5.11 Å². The Hall–Kier alpha value is 0.390. The Labute approximate surface area is 46.9 Å². The lowest BCUT2D eigenvalue weighted by Crippen LogP contribution is -1.94. The normalized spacial score (nSPS) is 15.9. The van der Waals surface area contributed by atoms with Crippen LogP contribution in [0.5, 0.6) is 0 Å². The van der Waals surface area contributed by atoms with Crippen molar-refractivity contribution in [1.29, 1.82) is 0 Å². The van der Waals surface area contributed by atoms with Crippen LogP contribution in [0.4, 0.5) is 0 Å². The summed E-state index contributed by atoms with van der Waals surface area (Å²) in [5.41, 5.74) is 0. The minimum absolute atomic E-state index is 0.0231. The summed E-state index contributed by atoms with van der Waals surface area (Å²) in [6.07, 6.45) is 2.03. The second-order valence-corrected chi connectivity index (χ2v) is 3.26. The van der Waals surface area contributed by atoms with Gasteiger partial charge in [-0.2, -0.15) is 0 Å². The topological polar surface area (TPSA) is 20.2 Å². The van der Waals surface area contributed by atoms with E-state index in [4.69, 9.17) is 5.11 Å². The van der Waals surface area contributed by atoms with Gasteiger partial charge in [0.15, 0.2) is 0 Å². The summed E-state index contributed by atoms with van der Waals surface area (Å²) in [6, 6.07) is 0. The third-order valence-electron chi connectivity index (χ3n) is 0.826. The van der Waals surface area contributed by atoms with Crippen molar-refractivity contribution in [3.63, 3.8) is 0 Å². The van der Waals surface area contributed by atoms with Crippen molar-refractivity contribution in [2.75, 3.05) is 6.16 Å². The van der Waals surface area contributed by atoms with Crippen LogP contribution < -0.4 is 0 Å². The first-order valence-electron chi connectivity index (χ1n) is 2.72. The quantitative estimate of drug-likeness (QED) is 0.558. The highest BCUT2D eigenvalue weighted by Crippen LogP contribution is 2.17. The van der Waals surface area contributed by atoms with Gasteiger partial charge in [0.05, 0.1) is 5.85 Å². The molecule has 0 aromatic rings. The molecule has 0 amide bonds. The van der Waals surface area contributed by atoms with E-state index in [1.54, 1.807) is 0 Å². The zero-order chi connectivity index (χ0) is 5.70. The highest BCUT2D eigenvalue weighted by atomic mass is 31.1. The van der Waals surface area contributed by atoms with Gasteiger partial charge in [-0.1, -0.05) is 22.4 Å². The second kappa shape index (κ2) is 4.55. The van der Waals surface area contributed by atoms with Crippen molar-refractivity contribution in [3.05, 3.63) is 0 Å². The van der Waals surface area contributed by atoms with Gasteiger partial charge in [0.1, 0.15) is 0 Å². The lowest BCUT2D eigenvalue weighted by Gasteiger charge is -2.02. The largest absolute Gasteiger partial charge is 0.389 e. The Balaban J connectivity index is 2.83. The molecule has 0 aliphatic heterocycles. The van der Waals surface area contributed by atoms with Gasteiger partial charge in [-0.3, -0.25) is 0 Å². The molecule has 1 nitrogen and oxygen atoms in total. The first kappa shape index (κ1) is 7.39. The molecule has 44 valence electrons. The predicted molar refractivity (Wildman–Crippen MR) is 35.2 cm³/mol. The Morgan fingerprint density at radius 2 is 2.14 bits per heavy atom. The standard InChI is InChI=1S/C5H13OP/c1-3-5(6)7-4-2/h5-7H,3-4H2,1-2H3. The van der Waals surface area contributed by atoms with Gasteiger partial charge in [-0.05, 0) is 12.6 Å². The number of aliphatic hydroxyl groups is 1. The molecule has 2 unspecified atom stereocenters. The third-order valence-corrected chi connectivity index (χ3v) is 2.11. The van der Waals surface area contributed by atoms with Gasteiger partial charge in [-0.25, -0.2) is 0 Å². The van der Waals surface area contributed by atoms with Crippen molar-refractivity contribution < 1.29 is 5.11 Å². The molecule has 0 aliphatic rings. The van der Waals surface area contributed by atoms with Crippen molar-refractivity contribution in [1.82, 2.24) is 0 Å². The van der Waals surface area contributed by atoms with Crippen LogP contribution >= 0.6 is 8.58 Å². The van der Waals surface area contributed by atoms with Crippen LogP contribution in [0.1, 0.15) is 20.3 Å². The molecule has 0 aromatic heterocycles. The Kier molecular flexibility index (Phi) is 4.80. The molecule has 2 heteroatoms. The Bertz CT molecular complexity index is 39.1. The lowest BCUT2D eigenvalue weighted by molar-refractivity contribution is 0.256. The SMILES string of the molecule is CCPC(O)CC. The predicted octanol–water partition coefficient (Wildman–Crippen LogP) is 1.41. The van der Waals surface area contributed by atoms with Gasteiger partial charge in [0.25, 0.3) is 0 Å². The van der Waals surface area contributed by atoms with Crippen molar-refractivity contribution in [2.24, 2.45) is 0 Å². The summed E-state index contributed by atoms with van der Waals surface area (Å²) in [5, 5.41) is 8.87. The van der Waals surface area contributed by atoms with Crippen LogP contribution in [0.15, 0.2) is 0 Å². The molecule has 0 radical (unpaired) electrons. The average Bonchev–Trinajstić information content (AvgIpc) is 1.68. The summed E-state index contributed by atoms with van der Waals surface area (Å²) in [5.74, 6) is -0.0231. The zero-order valence-corrected chi connectivity index (χ0v) is 5.94. The fourth-order valence-electron chi connectivity index (χ4n) is 0.380. The van der Waals surface area contributed by atoms with Crippen LogP contribution in [-0.2, 0) is 0 Å². The maximum Gasteiger partial charge on any atom is 0.0699 e. The smallest absolute Gasteiger partial charge is 0.0699 e. The highest BCUT2D eigenvalue weighted by Gasteiger charge is 1.94. The molecule has 0 aliphatic carbocycles. The van der Waals surface area contributed by atoms with E-state index in [-0.39, 0.29) is 5.85 Å². The monoisotopic (exact) mass is 120 g/mol. The first-order chi connectivity index (χ1) is 3.31. The Morgan fingerprint density at radius 1 is 1.57 bits per heavy atom. The van der Waals surface area contributed by atoms with Crippen molar-refractivity contribution in [2.45, 2.75) is 26.1 Å². The summed E-state index contributed by atoms with van der Waals surface area (Å²) >= 11 is 0. The first-order valence-corrected chi connectivity index (χ1v) is 4.01.